The Morgan fingerprint density at radius 2 is 0.651 bits per heavy atom. The molecule has 1 amide bonds. The van der Waals surface area contributed by atoms with Gasteiger partial charge < -0.3 is 89.9 Å². The normalized spacial score (nSPS) is 26.0. The summed E-state index contributed by atoms with van der Waals surface area (Å²) in [6.45, 7) is 1.66. The molecular weight excluding hydrogens is 1350 g/mol. The van der Waals surface area contributed by atoms with Gasteiger partial charge in [0.25, 0.3) is 0 Å². The van der Waals surface area contributed by atoms with Crippen LogP contribution in [-0.2, 0) is 33.2 Å². The number of rotatable bonds is 69. The highest BCUT2D eigenvalue weighted by Gasteiger charge is 2.54. The fourth-order valence-corrected chi connectivity index (χ4v) is 14.4. The minimum absolute atomic E-state index is 0.246. The second kappa shape index (κ2) is 66.8. The molecule has 19 nitrogen and oxygen atoms in total. The average Bonchev–Trinajstić information content (AvgIpc) is 0.780. The summed E-state index contributed by atoms with van der Waals surface area (Å²) in [5.41, 5.74) is 0. The van der Waals surface area contributed by atoms with Crippen LogP contribution in [0.4, 0.5) is 0 Å². The second-order valence-corrected chi connectivity index (χ2v) is 30.6. The zero-order valence-corrected chi connectivity index (χ0v) is 66.4. The van der Waals surface area contributed by atoms with Gasteiger partial charge >= 0.3 is 0 Å². The number of aliphatic hydroxyl groups is 11. The highest BCUT2D eigenvalue weighted by Crippen LogP contribution is 2.33. The van der Waals surface area contributed by atoms with Crippen molar-refractivity contribution in [3.8, 4) is 0 Å². The first-order valence-electron chi connectivity index (χ1n) is 43.2. The van der Waals surface area contributed by atoms with Gasteiger partial charge in [-0.2, -0.15) is 0 Å². The van der Waals surface area contributed by atoms with Crippen molar-refractivity contribution in [3.63, 3.8) is 0 Å². The Morgan fingerprint density at radius 1 is 0.349 bits per heavy atom. The van der Waals surface area contributed by atoms with Gasteiger partial charge in [0, 0.05) is 6.42 Å². The van der Waals surface area contributed by atoms with Crippen LogP contribution >= 0.6 is 0 Å². The molecule has 0 aliphatic carbocycles. The van der Waals surface area contributed by atoms with Gasteiger partial charge in [-0.1, -0.05) is 344 Å². The monoisotopic (exact) mass is 1500 g/mol. The number of ether oxygens (including phenoxy) is 6. The van der Waals surface area contributed by atoms with Crippen molar-refractivity contribution in [1.82, 2.24) is 5.32 Å². The molecule has 618 valence electrons. The molecule has 0 aromatic heterocycles. The first kappa shape index (κ1) is 97.4. The third kappa shape index (κ3) is 45.7. The average molecular weight is 1510 g/mol. The smallest absolute Gasteiger partial charge is 0.220 e. The van der Waals surface area contributed by atoms with Crippen LogP contribution in [0.2, 0.25) is 0 Å². The van der Waals surface area contributed by atoms with Gasteiger partial charge in [-0.15, -0.1) is 0 Å². The van der Waals surface area contributed by atoms with Gasteiger partial charge in [0.15, 0.2) is 18.9 Å². The molecule has 0 aromatic carbocycles. The van der Waals surface area contributed by atoms with Crippen molar-refractivity contribution < 1.29 is 89.4 Å². The highest BCUT2D eigenvalue weighted by atomic mass is 16.8. The Labute approximate surface area is 642 Å². The number of hydrogen-bond acceptors (Lipinski definition) is 18. The van der Waals surface area contributed by atoms with E-state index in [4.69, 9.17) is 28.4 Å². The van der Waals surface area contributed by atoms with Crippen molar-refractivity contribution in [2.45, 2.75) is 446 Å². The van der Waals surface area contributed by atoms with Gasteiger partial charge in [0.2, 0.25) is 5.91 Å². The Balaban J connectivity index is 1.29. The van der Waals surface area contributed by atoms with Gasteiger partial charge in [-0.25, -0.2) is 0 Å². The van der Waals surface area contributed by atoms with E-state index in [2.05, 4.69) is 79.9 Å². The maximum Gasteiger partial charge on any atom is 0.220 e. The predicted octanol–water partition coefficient (Wildman–Crippen LogP) is 15.6. The summed E-state index contributed by atoms with van der Waals surface area (Å²) in [6, 6.07) is -0.974. The van der Waals surface area contributed by atoms with Crippen LogP contribution in [-0.4, -0.2) is 193 Å². The molecule has 3 rings (SSSR count). The largest absolute Gasteiger partial charge is 0.394 e. The van der Waals surface area contributed by atoms with Crippen molar-refractivity contribution in [2.75, 3.05) is 26.4 Å². The predicted molar refractivity (Wildman–Crippen MR) is 425 cm³/mol. The number of aliphatic hydroxyl groups excluding tert-OH is 11. The van der Waals surface area contributed by atoms with Crippen molar-refractivity contribution >= 4 is 5.91 Å². The van der Waals surface area contributed by atoms with Crippen LogP contribution in [0.5, 0.6) is 0 Å². The summed E-state index contributed by atoms with van der Waals surface area (Å²) >= 11 is 0. The van der Waals surface area contributed by atoms with E-state index in [-0.39, 0.29) is 18.9 Å². The molecule has 3 fully saturated rings. The molecule has 0 aromatic rings. The minimum Gasteiger partial charge on any atom is -0.394 e. The molecule has 0 radical (unpaired) electrons. The van der Waals surface area contributed by atoms with Crippen LogP contribution < -0.4 is 5.32 Å². The van der Waals surface area contributed by atoms with Crippen molar-refractivity contribution in [1.29, 1.82) is 0 Å². The lowest BCUT2D eigenvalue weighted by molar-refractivity contribution is -0.379. The van der Waals surface area contributed by atoms with E-state index in [1.165, 1.54) is 238 Å². The van der Waals surface area contributed by atoms with Crippen LogP contribution in [0.25, 0.3) is 0 Å². The minimum atomic E-state index is -1.98. The summed E-state index contributed by atoms with van der Waals surface area (Å²) < 4.78 is 34.5. The second-order valence-electron chi connectivity index (χ2n) is 30.6. The zero-order chi connectivity index (χ0) is 76.7. The summed E-state index contributed by atoms with van der Waals surface area (Å²) in [5, 5.41) is 121. The number of unbranched alkanes of at least 4 members (excludes halogenated alkanes) is 43. The number of nitrogens with one attached hydrogen (secondary N) is 1. The lowest BCUT2D eigenvalue weighted by Gasteiger charge is -2.48. The molecule has 3 heterocycles. The molecule has 12 N–H and O–H groups in total. The Morgan fingerprint density at radius 3 is 1.02 bits per heavy atom. The number of carbonyl (C=O) groups is 1. The molecule has 3 aliphatic rings. The summed E-state index contributed by atoms with van der Waals surface area (Å²) in [6.07, 6.45) is 62.0. The fourth-order valence-electron chi connectivity index (χ4n) is 14.4. The lowest BCUT2D eigenvalue weighted by Crippen LogP contribution is -2.66. The molecule has 106 heavy (non-hydrogen) atoms. The van der Waals surface area contributed by atoms with Gasteiger partial charge in [0.05, 0.1) is 38.6 Å². The summed E-state index contributed by atoms with van der Waals surface area (Å²) in [7, 11) is 0. The van der Waals surface area contributed by atoms with E-state index in [1.807, 2.05) is 6.08 Å². The maximum absolute atomic E-state index is 13.5. The third-order valence-electron chi connectivity index (χ3n) is 21.3. The maximum atomic E-state index is 13.5. The van der Waals surface area contributed by atoms with E-state index in [0.717, 1.165) is 77.0 Å². The van der Waals surface area contributed by atoms with Crippen LogP contribution in [0, 0.1) is 0 Å². The molecule has 0 bridgehead atoms. The summed E-state index contributed by atoms with van der Waals surface area (Å²) in [4.78, 5) is 13.5. The highest BCUT2D eigenvalue weighted by molar-refractivity contribution is 5.76. The molecule has 17 atom stereocenters. The van der Waals surface area contributed by atoms with Gasteiger partial charge in [0.1, 0.15) is 73.2 Å². The van der Waals surface area contributed by atoms with Gasteiger partial charge in [-0.05, 0) is 64.2 Å². The number of allylic oxidation sites excluding steroid dienone is 11. The standard InChI is InChI=1S/C87H157NO18/c1-3-5-7-9-11-13-15-17-19-21-23-25-26-27-28-29-30-31-32-33-34-35-36-37-38-39-40-41-42-43-44-45-47-49-51-53-55-57-59-61-63-65-75(93)88-70(71(92)64-62-60-58-56-54-52-50-48-46-24-22-20-18-16-14-12-10-8-6-4-2)69-101-85-81(99)78(96)83(73(67-90)103-85)106-87-82(100)79(97)84(74(68-91)104-87)105-86-80(98)77(95)76(94)72(66-89)102-86/h5,7,11,13,17,19,23,25,27-28,62,64,70-74,76-87,89-92,94-100H,3-4,6,8-10,12,14-16,18,20-22,24,26,29-61,63,65-69H2,1-2H3,(H,88,93)/b7-5-,13-11-,19-17-,25-23-,28-27-,64-62+. The van der Waals surface area contributed by atoms with E-state index >= 15 is 0 Å². The Hall–Kier alpha value is -2.77. The fraction of sp³-hybridized carbons (Fsp3) is 0.851. The molecule has 19 heteroatoms. The quantitative estimate of drug-likeness (QED) is 0.0199. The number of carbonyl (C=O) groups excluding carboxylic acids is 1. The first-order chi connectivity index (χ1) is 51.8. The van der Waals surface area contributed by atoms with E-state index in [1.54, 1.807) is 6.08 Å². The topological polar surface area (TPSA) is 307 Å². The molecule has 3 aliphatic heterocycles. The SMILES string of the molecule is CC/C=C\C/C=C\C/C=C\C/C=C\C/C=C\CCCCCCCCCCCCCCCCCCCCCCCCCCCC(=O)NC(COC1OC(CO)C(OC2OC(CO)C(OC3OC(CO)C(O)C(O)C3O)C(O)C2O)C(O)C1O)C(O)/C=C/CCCCCCCCCCCCCCCCCCCC. The van der Waals surface area contributed by atoms with Gasteiger partial charge in [-0.3, -0.25) is 4.79 Å². The molecule has 0 saturated carbocycles. The molecule has 3 saturated heterocycles. The summed E-state index contributed by atoms with van der Waals surface area (Å²) in [5.74, 6) is -0.270. The number of hydrogen-bond donors (Lipinski definition) is 12. The van der Waals surface area contributed by atoms with Crippen molar-refractivity contribution in [3.05, 3.63) is 72.9 Å². The first-order valence-corrected chi connectivity index (χ1v) is 43.2. The van der Waals surface area contributed by atoms with Crippen LogP contribution in [0.3, 0.4) is 0 Å². The molecular formula is C87H157NO18. The van der Waals surface area contributed by atoms with Crippen molar-refractivity contribution in [2.24, 2.45) is 0 Å². The zero-order valence-electron chi connectivity index (χ0n) is 66.4. The Kier molecular flexibility index (Phi) is 61.4. The van der Waals surface area contributed by atoms with E-state index in [0.29, 0.717) is 6.42 Å². The number of amides is 1. The third-order valence-corrected chi connectivity index (χ3v) is 21.3. The van der Waals surface area contributed by atoms with E-state index < -0.39 is 124 Å². The molecule has 17 unspecified atom stereocenters. The van der Waals surface area contributed by atoms with E-state index in [9.17, 15) is 61.0 Å². The Bertz CT molecular complexity index is 2190. The van der Waals surface area contributed by atoms with Crippen LogP contribution in [0.15, 0.2) is 72.9 Å². The molecule has 0 spiro atoms. The lowest BCUT2D eigenvalue weighted by atomic mass is 9.96. The van der Waals surface area contributed by atoms with Crippen LogP contribution in [0.1, 0.15) is 341 Å².